The van der Waals surface area contributed by atoms with Gasteiger partial charge >= 0.3 is 12.0 Å². The molecule has 9 nitrogen and oxygen atoms in total. The summed E-state index contributed by atoms with van der Waals surface area (Å²) in [5.74, 6) is -2.12. The van der Waals surface area contributed by atoms with Gasteiger partial charge in [-0.1, -0.05) is 31.9 Å². The predicted octanol–water partition coefficient (Wildman–Crippen LogP) is 2.26. The second kappa shape index (κ2) is 9.51. The molecule has 0 aromatic heterocycles. The van der Waals surface area contributed by atoms with Gasteiger partial charge in [-0.3, -0.25) is 24.1 Å². The maximum atomic E-state index is 12.6. The summed E-state index contributed by atoms with van der Waals surface area (Å²) in [4.78, 5) is 61.4. The molecule has 9 heteroatoms. The minimum Gasteiger partial charge on any atom is -0.451 e. The topological polar surface area (TPSA) is 122 Å². The number of benzene rings is 1. The summed E-state index contributed by atoms with van der Waals surface area (Å²) in [7, 11) is 0. The van der Waals surface area contributed by atoms with Crippen molar-refractivity contribution in [3.05, 3.63) is 29.8 Å². The maximum Gasteiger partial charge on any atom is 0.327 e. The second-order valence-corrected chi connectivity index (χ2v) is 7.52. The maximum absolute atomic E-state index is 12.6. The Labute approximate surface area is 175 Å². The summed E-state index contributed by atoms with van der Waals surface area (Å²) < 4.78 is 5.08. The highest BCUT2D eigenvalue weighted by atomic mass is 16.5. The first-order chi connectivity index (χ1) is 14.1. The van der Waals surface area contributed by atoms with Gasteiger partial charge in [0.25, 0.3) is 11.8 Å². The molecule has 2 atom stereocenters. The van der Waals surface area contributed by atoms with Crippen molar-refractivity contribution < 1.29 is 28.7 Å². The molecule has 162 valence electrons. The van der Waals surface area contributed by atoms with E-state index in [2.05, 4.69) is 10.6 Å². The molecule has 1 fully saturated rings. The van der Waals surface area contributed by atoms with Crippen molar-refractivity contribution in [1.82, 2.24) is 10.2 Å². The Morgan fingerprint density at radius 3 is 2.60 bits per heavy atom. The molecule has 1 aliphatic rings. The van der Waals surface area contributed by atoms with Gasteiger partial charge in [-0.05, 0) is 39.3 Å². The summed E-state index contributed by atoms with van der Waals surface area (Å²) in [5, 5.41) is 5.18. The number of carbonyl (C=O) groups excluding carboxylic acids is 5. The molecule has 1 aromatic carbocycles. The number of Topliss-reactive ketones (excluding diaryl/α,β-unsaturated/α-hetero) is 1. The summed E-state index contributed by atoms with van der Waals surface area (Å²) in [5.41, 5.74) is -0.225. The van der Waals surface area contributed by atoms with Crippen molar-refractivity contribution in [2.45, 2.75) is 58.6 Å². The molecule has 0 radical (unpaired) electrons. The Kier molecular flexibility index (Phi) is 7.31. The number of amides is 4. The van der Waals surface area contributed by atoms with E-state index in [4.69, 9.17) is 4.74 Å². The minimum atomic E-state index is -1.16. The number of unbranched alkanes of at least 4 members (excludes halogenated alkanes) is 1. The van der Waals surface area contributed by atoms with Crippen molar-refractivity contribution in [2.24, 2.45) is 0 Å². The van der Waals surface area contributed by atoms with Crippen molar-refractivity contribution in [1.29, 1.82) is 0 Å². The molecule has 1 heterocycles. The predicted molar refractivity (Wildman–Crippen MR) is 109 cm³/mol. The summed E-state index contributed by atoms with van der Waals surface area (Å²) in [6.07, 6.45) is 0.925. The summed E-state index contributed by atoms with van der Waals surface area (Å²) in [6, 6.07) is 5.69. The van der Waals surface area contributed by atoms with Crippen molar-refractivity contribution in [3.63, 3.8) is 0 Å². The highest BCUT2D eigenvalue weighted by Gasteiger charge is 2.48. The molecule has 1 aliphatic heterocycles. The molecule has 1 saturated heterocycles. The molecule has 0 aliphatic carbocycles. The second-order valence-electron chi connectivity index (χ2n) is 7.52. The lowest BCUT2D eigenvalue weighted by Crippen LogP contribution is -2.44. The molecule has 4 amide bonds. The molecule has 30 heavy (non-hydrogen) atoms. The number of esters is 1. The van der Waals surface area contributed by atoms with Crippen molar-refractivity contribution in [2.75, 3.05) is 11.9 Å². The third-order valence-corrected chi connectivity index (χ3v) is 4.88. The number of hydrogen-bond acceptors (Lipinski definition) is 6. The van der Waals surface area contributed by atoms with Gasteiger partial charge in [-0.15, -0.1) is 0 Å². The monoisotopic (exact) mass is 417 g/mol. The molecule has 0 unspecified atom stereocenters. The number of ketones is 1. The quantitative estimate of drug-likeness (QED) is 0.361. The molecule has 0 spiro atoms. The molecule has 0 saturated carbocycles. The zero-order valence-electron chi connectivity index (χ0n) is 17.6. The molecule has 2 rings (SSSR count). The molecule has 1 aromatic rings. The van der Waals surface area contributed by atoms with E-state index in [0.717, 1.165) is 17.7 Å². The Bertz CT molecular complexity index is 868. The van der Waals surface area contributed by atoms with Gasteiger partial charge in [-0.25, -0.2) is 4.79 Å². The third-order valence-electron chi connectivity index (χ3n) is 4.88. The fraction of sp³-hybridized carbons (Fsp3) is 0.476. The zero-order valence-corrected chi connectivity index (χ0v) is 17.6. The van der Waals surface area contributed by atoms with E-state index in [9.17, 15) is 24.0 Å². The number of urea groups is 1. The molecular formula is C21H27N3O6. The molecular weight excluding hydrogens is 390 g/mol. The Hall–Kier alpha value is -3.23. The van der Waals surface area contributed by atoms with Gasteiger partial charge in [-0.2, -0.15) is 0 Å². The number of hydrogen-bond donors (Lipinski definition) is 2. The number of nitrogens with zero attached hydrogens (tertiary/aromatic N) is 1. The van der Waals surface area contributed by atoms with E-state index in [1.165, 1.54) is 19.9 Å². The summed E-state index contributed by atoms with van der Waals surface area (Å²) in [6.45, 7) is 5.81. The number of rotatable bonds is 9. The van der Waals surface area contributed by atoms with E-state index >= 15 is 0 Å². The van der Waals surface area contributed by atoms with Gasteiger partial charge in [0.1, 0.15) is 12.1 Å². The van der Waals surface area contributed by atoms with Crippen LogP contribution < -0.4 is 10.6 Å². The van der Waals surface area contributed by atoms with Crippen molar-refractivity contribution >= 4 is 35.3 Å². The number of nitrogens with one attached hydrogen (secondary N) is 2. The van der Waals surface area contributed by atoms with Crippen molar-refractivity contribution in [3.8, 4) is 0 Å². The number of anilines is 1. The first-order valence-corrected chi connectivity index (χ1v) is 9.83. The first kappa shape index (κ1) is 23.1. The van der Waals surface area contributed by atoms with E-state index in [1.54, 1.807) is 25.1 Å². The highest BCUT2D eigenvalue weighted by Crippen LogP contribution is 2.23. The number of imide groups is 1. The van der Waals surface area contributed by atoms with E-state index in [0.29, 0.717) is 17.7 Å². The van der Waals surface area contributed by atoms with Crippen LogP contribution in [0.2, 0.25) is 0 Å². The fourth-order valence-electron chi connectivity index (χ4n) is 3.07. The van der Waals surface area contributed by atoms with Crippen LogP contribution in [0.15, 0.2) is 24.3 Å². The van der Waals surface area contributed by atoms with Crippen LogP contribution >= 0.6 is 0 Å². The highest BCUT2D eigenvalue weighted by molar-refractivity contribution is 6.08. The SMILES string of the molecule is CCCC[C@@]1(C)NC(=O)N(CC(=O)O[C@@H](C)C(=O)Nc2cccc(C(C)=O)c2)C1=O. The van der Waals surface area contributed by atoms with Crippen LogP contribution in [0.4, 0.5) is 10.5 Å². The van der Waals surface area contributed by atoms with E-state index < -0.39 is 42.0 Å². The van der Waals surface area contributed by atoms with Crippen LogP contribution in [0, 0.1) is 0 Å². The average Bonchev–Trinajstić information content (AvgIpc) is 2.89. The van der Waals surface area contributed by atoms with Gasteiger partial charge in [0.2, 0.25) is 0 Å². The van der Waals surface area contributed by atoms with Gasteiger partial charge < -0.3 is 15.4 Å². The minimum absolute atomic E-state index is 0.148. The number of ether oxygens (including phenoxy) is 1. The molecule has 2 N–H and O–H groups in total. The van der Waals surface area contributed by atoms with Gasteiger partial charge in [0, 0.05) is 11.3 Å². The van der Waals surface area contributed by atoms with E-state index in [1.807, 2.05) is 6.92 Å². The lowest BCUT2D eigenvalue weighted by Gasteiger charge is -2.21. The average molecular weight is 417 g/mol. The van der Waals surface area contributed by atoms with Crippen LogP contribution in [0.25, 0.3) is 0 Å². The lowest BCUT2D eigenvalue weighted by atomic mass is 9.95. The van der Waals surface area contributed by atoms with Gasteiger partial charge in [0.15, 0.2) is 11.9 Å². The fourth-order valence-corrected chi connectivity index (χ4v) is 3.07. The Morgan fingerprint density at radius 2 is 1.97 bits per heavy atom. The smallest absolute Gasteiger partial charge is 0.327 e. The van der Waals surface area contributed by atoms with Crippen LogP contribution in [0.1, 0.15) is 57.3 Å². The van der Waals surface area contributed by atoms with Crippen LogP contribution in [0.3, 0.4) is 0 Å². The largest absolute Gasteiger partial charge is 0.451 e. The van der Waals surface area contributed by atoms with Crippen LogP contribution in [-0.4, -0.2) is 52.7 Å². The summed E-state index contributed by atoms with van der Waals surface area (Å²) >= 11 is 0. The number of carbonyl (C=O) groups is 5. The zero-order chi connectivity index (χ0) is 22.5. The van der Waals surface area contributed by atoms with Crippen LogP contribution in [0.5, 0.6) is 0 Å². The Balaban J connectivity index is 1.93. The normalized spacial score (nSPS) is 19.3. The standard InChI is InChI=1S/C21H27N3O6/c1-5-6-10-21(4)19(28)24(20(29)23-21)12-17(26)30-14(3)18(27)22-16-9-7-8-15(11-16)13(2)25/h7-9,11,14H,5-6,10,12H2,1-4H3,(H,22,27)(H,23,29)/t14-,21+/m0/s1. The lowest BCUT2D eigenvalue weighted by molar-refractivity contribution is -0.155. The molecule has 0 bridgehead atoms. The Morgan fingerprint density at radius 1 is 1.27 bits per heavy atom. The van der Waals surface area contributed by atoms with Gasteiger partial charge in [0.05, 0.1) is 0 Å². The third kappa shape index (κ3) is 5.43. The van der Waals surface area contributed by atoms with E-state index in [-0.39, 0.29) is 5.78 Å². The van der Waals surface area contributed by atoms with Crippen LogP contribution in [-0.2, 0) is 19.1 Å². The first-order valence-electron chi connectivity index (χ1n) is 9.83.